The van der Waals surface area contributed by atoms with Crippen molar-refractivity contribution in [2.75, 3.05) is 33.4 Å². The average Bonchev–Trinajstić information content (AvgIpc) is 2.66. The summed E-state index contributed by atoms with van der Waals surface area (Å²) in [6.07, 6.45) is -5.19. The van der Waals surface area contributed by atoms with Crippen LogP contribution in [0.2, 0.25) is 10.0 Å². The fraction of sp³-hybridized carbons (Fsp3) is 0.438. The second-order valence-electron chi connectivity index (χ2n) is 5.80. The van der Waals surface area contributed by atoms with Gasteiger partial charge in [-0.15, -0.1) is 0 Å². The number of methoxy groups -OCH3 is 1. The first-order chi connectivity index (χ1) is 13.2. The second kappa shape index (κ2) is 7.76. The van der Waals surface area contributed by atoms with Gasteiger partial charge in [0, 0.05) is 18.1 Å². The molecule has 1 aromatic carbocycles. The zero-order valence-electron chi connectivity index (χ0n) is 14.4. The van der Waals surface area contributed by atoms with Gasteiger partial charge in [0.05, 0.1) is 30.9 Å². The van der Waals surface area contributed by atoms with Crippen molar-refractivity contribution >= 4 is 41.1 Å². The summed E-state index contributed by atoms with van der Waals surface area (Å²) in [5.41, 5.74) is -3.50. The Kier molecular flexibility index (Phi) is 5.74. The van der Waals surface area contributed by atoms with E-state index in [1.807, 2.05) is 0 Å². The van der Waals surface area contributed by atoms with E-state index in [0.717, 1.165) is 7.11 Å². The van der Waals surface area contributed by atoms with E-state index in [1.54, 1.807) is 0 Å². The molecular weight excluding hydrogens is 426 g/mol. The molecule has 0 saturated carbocycles. The molecule has 12 heteroatoms. The lowest BCUT2D eigenvalue weighted by Gasteiger charge is -2.35. The summed E-state index contributed by atoms with van der Waals surface area (Å²) >= 11 is 11.9. The van der Waals surface area contributed by atoms with Gasteiger partial charge in [-0.2, -0.15) is 23.2 Å². The number of benzene rings is 1. The van der Waals surface area contributed by atoms with Gasteiger partial charge in [-0.05, 0) is 18.2 Å². The third kappa shape index (κ3) is 3.76. The lowest BCUT2D eigenvalue weighted by Crippen LogP contribution is -2.55. The zero-order chi connectivity index (χ0) is 20.5. The third-order valence-corrected chi connectivity index (χ3v) is 4.57. The molecule has 0 bridgehead atoms. The number of alkyl halides is 3. The molecule has 0 amide bonds. The van der Waals surface area contributed by atoms with Gasteiger partial charge in [-0.3, -0.25) is 0 Å². The number of ether oxygens (including phenoxy) is 3. The van der Waals surface area contributed by atoms with Gasteiger partial charge < -0.3 is 19.1 Å². The normalized spacial score (nSPS) is 22.9. The highest BCUT2D eigenvalue weighted by Crippen LogP contribution is 2.40. The van der Waals surface area contributed by atoms with E-state index in [-0.39, 0.29) is 41.9 Å². The Labute approximate surface area is 167 Å². The molecule has 0 unspecified atom stereocenters. The Morgan fingerprint density at radius 3 is 2.50 bits per heavy atom. The summed E-state index contributed by atoms with van der Waals surface area (Å²) in [5, 5.41) is 0.262. The van der Waals surface area contributed by atoms with E-state index in [4.69, 9.17) is 32.7 Å². The minimum absolute atomic E-state index is 0.00424. The maximum atomic E-state index is 14.0. The Morgan fingerprint density at radius 1 is 1.25 bits per heavy atom. The summed E-state index contributed by atoms with van der Waals surface area (Å²) in [6, 6.07) is 3.63. The van der Waals surface area contributed by atoms with Crippen LogP contribution >= 0.6 is 23.2 Å². The summed E-state index contributed by atoms with van der Waals surface area (Å²) < 4.78 is 56.9. The van der Waals surface area contributed by atoms with Crippen molar-refractivity contribution in [2.24, 2.45) is 9.98 Å². The van der Waals surface area contributed by atoms with Crippen LogP contribution in [0.3, 0.4) is 0 Å². The lowest BCUT2D eigenvalue weighted by molar-refractivity contribution is -0.202. The van der Waals surface area contributed by atoms with E-state index < -0.39 is 29.7 Å². The van der Waals surface area contributed by atoms with Crippen LogP contribution < -0.4 is 0 Å². The van der Waals surface area contributed by atoms with Crippen LogP contribution in [0, 0.1) is 0 Å². The van der Waals surface area contributed by atoms with Crippen LogP contribution in [0.1, 0.15) is 5.56 Å². The highest BCUT2D eigenvalue weighted by Gasteiger charge is 2.65. The molecule has 1 fully saturated rings. The number of morpholine rings is 1. The molecule has 3 rings (SSSR count). The molecule has 7 nitrogen and oxygen atoms in total. The molecule has 1 saturated heterocycles. The van der Waals surface area contributed by atoms with Crippen molar-refractivity contribution in [1.29, 1.82) is 0 Å². The topological polar surface area (TPSA) is 72.7 Å². The first-order valence-electron chi connectivity index (χ1n) is 7.99. The Bertz CT molecular complexity index is 841. The van der Waals surface area contributed by atoms with Gasteiger partial charge in [0.25, 0.3) is 6.02 Å². The molecule has 28 heavy (non-hydrogen) atoms. The van der Waals surface area contributed by atoms with Crippen LogP contribution in [-0.4, -0.2) is 68.0 Å². The highest BCUT2D eigenvalue weighted by molar-refractivity contribution is 6.37. The van der Waals surface area contributed by atoms with Crippen molar-refractivity contribution in [1.82, 2.24) is 4.90 Å². The highest BCUT2D eigenvalue weighted by atomic mass is 35.5. The molecule has 0 aromatic heterocycles. The molecular formula is C16H14Cl2F3N3O4. The van der Waals surface area contributed by atoms with Gasteiger partial charge in [-0.1, -0.05) is 23.2 Å². The zero-order valence-corrected chi connectivity index (χ0v) is 15.9. The Balaban J connectivity index is 2.17. The van der Waals surface area contributed by atoms with Gasteiger partial charge >= 0.3 is 17.8 Å². The monoisotopic (exact) mass is 439 g/mol. The predicted molar refractivity (Wildman–Crippen MR) is 94.7 cm³/mol. The molecule has 1 aromatic rings. The number of hydrogen-bond acceptors (Lipinski definition) is 7. The molecule has 0 radical (unpaired) electrons. The van der Waals surface area contributed by atoms with Crippen LogP contribution in [0.25, 0.3) is 0 Å². The van der Waals surface area contributed by atoms with Crippen molar-refractivity contribution < 1.29 is 32.2 Å². The SMILES string of the molecule is COC(=O)[C@]1(C(F)(F)F)N=C(c2ccc(Cl)cc2Cl)OC(N2CCOCC2)=N1. The number of carbonyl (C=O) groups is 1. The van der Waals surface area contributed by atoms with E-state index >= 15 is 0 Å². The number of esters is 1. The van der Waals surface area contributed by atoms with E-state index in [2.05, 4.69) is 14.7 Å². The number of amidine groups is 1. The van der Waals surface area contributed by atoms with Gasteiger partial charge in [0.2, 0.25) is 5.90 Å². The largest absolute Gasteiger partial charge is 0.465 e. The molecule has 0 aliphatic carbocycles. The first-order valence-corrected chi connectivity index (χ1v) is 8.74. The molecule has 2 heterocycles. The van der Waals surface area contributed by atoms with Crippen LogP contribution in [0.5, 0.6) is 0 Å². The Hall–Kier alpha value is -2.04. The maximum absolute atomic E-state index is 14.0. The fourth-order valence-electron chi connectivity index (χ4n) is 2.59. The van der Waals surface area contributed by atoms with Crippen molar-refractivity contribution in [3.05, 3.63) is 33.8 Å². The molecule has 2 aliphatic rings. The van der Waals surface area contributed by atoms with E-state index in [0.29, 0.717) is 0 Å². The molecule has 0 N–H and O–H groups in total. The maximum Gasteiger partial charge on any atom is 0.446 e. The molecule has 0 spiro atoms. The lowest BCUT2D eigenvalue weighted by atomic mass is 10.1. The fourth-order valence-corrected chi connectivity index (χ4v) is 3.08. The van der Waals surface area contributed by atoms with Crippen LogP contribution in [0.4, 0.5) is 13.2 Å². The van der Waals surface area contributed by atoms with Crippen molar-refractivity contribution in [3.8, 4) is 0 Å². The third-order valence-electron chi connectivity index (χ3n) is 4.02. The first kappa shape index (κ1) is 20.7. The Morgan fingerprint density at radius 2 is 1.93 bits per heavy atom. The average molecular weight is 440 g/mol. The van der Waals surface area contributed by atoms with Crippen LogP contribution in [0.15, 0.2) is 28.2 Å². The predicted octanol–water partition coefficient (Wildman–Crippen LogP) is 2.89. The van der Waals surface area contributed by atoms with Crippen LogP contribution in [-0.2, 0) is 19.0 Å². The van der Waals surface area contributed by atoms with Gasteiger partial charge in [0.15, 0.2) is 0 Å². The second-order valence-corrected chi connectivity index (χ2v) is 6.64. The van der Waals surface area contributed by atoms with Crippen molar-refractivity contribution in [2.45, 2.75) is 11.8 Å². The molecule has 152 valence electrons. The number of nitrogens with zero attached hydrogens (tertiary/aromatic N) is 3. The van der Waals surface area contributed by atoms with Crippen molar-refractivity contribution in [3.63, 3.8) is 0 Å². The molecule has 1 atom stereocenters. The summed E-state index contributed by atoms with van der Waals surface area (Å²) in [4.78, 5) is 20.6. The number of aliphatic imine (C=N–C) groups is 2. The minimum Gasteiger partial charge on any atom is -0.465 e. The van der Waals surface area contributed by atoms with E-state index in [9.17, 15) is 18.0 Å². The number of rotatable bonds is 2. The molecule has 2 aliphatic heterocycles. The number of hydrogen-bond donors (Lipinski definition) is 0. The summed E-state index contributed by atoms with van der Waals surface area (Å²) in [7, 11) is 0.819. The van der Waals surface area contributed by atoms with E-state index in [1.165, 1.54) is 23.1 Å². The number of carbonyl (C=O) groups excluding carboxylic acids is 1. The standard InChI is InChI=1S/C16H14Cl2F3N3O4/c1-26-13(25)15(16(19,20)21)22-12(10-3-2-9(17)8-11(10)18)28-14(23-15)24-4-6-27-7-5-24/h2-3,8H,4-7H2,1H3/t15-/m0/s1. The summed E-state index contributed by atoms with van der Waals surface area (Å²) in [6.45, 7) is 0.951. The number of halogens is 5. The summed E-state index contributed by atoms with van der Waals surface area (Å²) in [5.74, 6) is -2.22. The quantitative estimate of drug-likeness (QED) is 0.662. The van der Waals surface area contributed by atoms with Gasteiger partial charge in [-0.25, -0.2) is 4.79 Å². The van der Waals surface area contributed by atoms with Gasteiger partial charge in [0.1, 0.15) is 0 Å². The smallest absolute Gasteiger partial charge is 0.446 e. The minimum atomic E-state index is -5.19.